The second-order valence-electron chi connectivity index (χ2n) is 6.39. The third-order valence-corrected chi connectivity index (χ3v) is 5.13. The van der Waals surface area contributed by atoms with Gasteiger partial charge < -0.3 is 5.11 Å². The van der Waals surface area contributed by atoms with Crippen molar-refractivity contribution in [3.8, 4) is 0 Å². The number of hydrazine groups is 1. The van der Waals surface area contributed by atoms with Crippen molar-refractivity contribution >= 4 is 11.6 Å². The smallest absolute Gasteiger partial charge is 0.129 e. The lowest BCUT2D eigenvalue weighted by molar-refractivity contribution is 0.0450. The van der Waals surface area contributed by atoms with Crippen LogP contribution in [0, 0.1) is 11.6 Å². The molecule has 0 amide bonds. The zero-order valence-electron chi connectivity index (χ0n) is 12.8. The molecule has 0 saturated carbocycles. The Morgan fingerprint density at radius 2 is 1.92 bits per heavy atom. The Balaban J connectivity index is 1.59. The van der Waals surface area contributed by atoms with Crippen LogP contribution >= 0.6 is 11.6 Å². The van der Waals surface area contributed by atoms with Gasteiger partial charge in [0.1, 0.15) is 11.6 Å². The van der Waals surface area contributed by atoms with Gasteiger partial charge in [-0.05, 0) is 41.3 Å². The first-order valence-electron chi connectivity index (χ1n) is 7.97. The summed E-state index contributed by atoms with van der Waals surface area (Å²) in [5.74, 6) is -1.20. The van der Waals surface area contributed by atoms with Gasteiger partial charge in [0, 0.05) is 30.1 Å². The molecule has 0 aromatic heterocycles. The summed E-state index contributed by atoms with van der Waals surface area (Å²) >= 11 is 5.92. The molecule has 1 unspecified atom stereocenters. The minimum atomic E-state index is -0.757. The van der Waals surface area contributed by atoms with Gasteiger partial charge in [0.25, 0.3) is 0 Å². The molecule has 24 heavy (non-hydrogen) atoms. The SMILES string of the molecule is O[C@@H]1Cc2c(F)cc(F)cc2[C@H]1N1CCC(c2ccc(Cl)cc2)N1. The van der Waals surface area contributed by atoms with Crippen LogP contribution in [0.5, 0.6) is 0 Å². The van der Waals surface area contributed by atoms with E-state index in [0.717, 1.165) is 18.1 Å². The molecule has 2 N–H and O–H groups in total. The second-order valence-corrected chi connectivity index (χ2v) is 6.82. The monoisotopic (exact) mass is 350 g/mol. The molecule has 0 radical (unpaired) electrons. The zero-order chi connectivity index (χ0) is 16.8. The van der Waals surface area contributed by atoms with Crippen LogP contribution in [-0.4, -0.2) is 22.8 Å². The van der Waals surface area contributed by atoms with Crippen molar-refractivity contribution < 1.29 is 13.9 Å². The van der Waals surface area contributed by atoms with Gasteiger partial charge in [-0.15, -0.1) is 0 Å². The standard InChI is InChI=1S/C18H17ClF2N2O/c19-11-3-1-10(2-4-11)16-5-6-23(22-16)18-14-7-12(20)8-15(21)13(14)9-17(18)24/h1-4,7-8,16-18,22,24H,5-6,9H2/t16?,17-,18-/m1/s1. The van der Waals surface area contributed by atoms with Crippen LogP contribution in [0.4, 0.5) is 8.78 Å². The number of nitrogens with one attached hydrogen (secondary N) is 1. The Morgan fingerprint density at radius 1 is 1.17 bits per heavy atom. The maximum absolute atomic E-state index is 14.0. The molecule has 126 valence electrons. The molecule has 1 aliphatic carbocycles. The van der Waals surface area contributed by atoms with Crippen molar-refractivity contribution in [2.45, 2.75) is 31.0 Å². The molecule has 3 atom stereocenters. The highest BCUT2D eigenvalue weighted by molar-refractivity contribution is 6.30. The summed E-state index contributed by atoms with van der Waals surface area (Å²) in [4.78, 5) is 0. The molecule has 2 aromatic carbocycles. The fourth-order valence-corrected chi connectivity index (χ4v) is 3.89. The summed E-state index contributed by atoms with van der Waals surface area (Å²) < 4.78 is 27.6. The number of rotatable bonds is 2. The summed E-state index contributed by atoms with van der Waals surface area (Å²) in [7, 11) is 0. The highest BCUT2D eigenvalue weighted by Gasteiger charge is 2.40. The number of aliphatic hydroxyl groups is 1. The fraction of sp³-hybridized carbons (Fsp3) is 0.333. The summed E-state index contributed by atoms with van der Waals surface area (Å²) in [5, 5.41) is 13.0. The van der Waals surface area contributed by atoms with E-state index in [1.807, 2.05) is 29.3 Å². The maximum atomic E-state index is 14.0. The van der Waals surface area contributed by atoms with Gasteiger partial charge in [0.15, 0.2) is 0 Å². The molecule has 3 nitrogen and oxygen atoms in total. The first-order valence-corrected chi connectivity index (χ1v) is 8.35. The van der Waals surface area contributed by atoms with Crippen molar-refractivity contribution in [2.24, 2.45) is 0 Å². The molecule has 4 rings (SSSR count). The average Bonchev–Trinajstić information content (AvgIpc) is 3.12. The molecular formula is C18H17ClF2N2O. The van der Waals surface area contributed by atoms with Crippen molar-refractivity contribution in [3.05, 3.63) is 69.7 Å². The average molecular weight is 351 g/mol. The largest absolute Gasteiger partial charge is 0.391 e. The van der Waals surface area contributed by atoms with Gasteiger partial charge in [-0.3, -0.25) is 0 Å². The minimum absolute atomic E-state index is 0.0944. The zero-order valence-corrected chi connectivity index (χ0v) is 13.6. The van der Waals surface area contributed by atoms with Crippen molar-refractivity contribution in [2.75, 3.05) is 6.54 Å². The van der Waals surface area contributed by atoms with Crippen molar-refractivity contribution in [1.29, 1.82) is 0 Å². The third kappa shape index (κ3) is 2.71. The third-order valence-electron chi connectivity index (χ3n) is 4.88. The Kier molecular flexibility index (Phi) is 4.04. The molecule has 6 heteroatoms. The van der Waals surface area contributed by atoms with E-state index in [1.165, 1.54) is 6.07 Å². The quantitative estimate of drug-likeness (QED) is 0.869. The molecular weight excluding hydrogens is 334 g/mol. The lowest BCUT2D eigenvalue weighted by Gasteiger charge is -2.28. The Labute approximate surface area is 143 Å². The Bertz CT molecular complexity index is 768. The Hall–Kier alpha value is -1.53. The summed E-state index contributed by atoms with van der Waals surface area (Å²) in [5.41, 5.74) is 5.40. The summed E-state index contributed by atoms with van der Waals surface area (Å²) in [6, 6.07) is 9.46. The van der Waals surface area contributed by atoms with Crippen LogP contribution in [0.15, 0.2) is 36.4 Å². The molecule has 1 aliphatic heterocycles. The van der Waals surface area contributed by atoms with Crippen molar-refractivity contribution in [3.63, 3.8) is 0 Å². The number of hydrogen-bond donors (Lipinski definition) is 2. The van der Waals surface area contributed by atoms with Crippen molar-refractivity contribution in [1.82, 2.24) is 10.4 Å². The van der Waals surface area contributed by atoms with E-state index in [-0.39, 0.29) is 12.5 Å². The molecule has 0 bridgehead atoms. The van der Waals surface area contributed by atoms with E-state index in [9.17, 15) is 13.9 Å². The number of nitrogens with zero attached hydrogens (tertiary/aromatic N) is 1. The molecule has 2 aromatic rings. The highest BCUT2D eigenvalue weighted by atomic mass is 35.5. The van der Waals surface area contributed by atoms with Crippen LogP contribution in [0.25, 0.3) is 0 Å². The topological polar surface area (TPSA) is 35.5 Å². The van der Waals surface area contributed by atoms with Gasteiger partial charge in [-0.25, -0.2) is 19.2 Å². The van der Waals surface area contributed by atoms with Crippen LogP contribution in [0.2, 0.25) is 5.02 Å². The molecule has 2 aliphatic rings. The number of benzene rings is 2. The van der Waals surface area contributed by atoms with Crippen LogP contribution in [0.3, 0.4) is 0 Å². The van der Waals surface area contributed by atoms with Gasteiger partial charge in [-0.2, -0.15) is 0 Å². The minimum Gasteiger partial charge on any atom is -0.391 e. The van der Waals surface area contributed by atoms with Crippen LogP contribution < -0.4 is 5.43 Å². The predicted octanol–water partition coefficient (Wildman–Crippen LogP) is 3.53. The van der Waals surface area contributed by atoms with E-state index in [1.54, 1.807) is 0 Å². The first-order chi connectivity index (χ1) is 11.5. The van der Waals surface area contributed by atoms with Gasteiger partial charge in [0.05, 0.1) is 12.1 Å². The lowest BCUT2D eigenvalue weighted by Crippen LogP contribution is -2.39. The fourth-order valence-electron chi connectivity index (χ4n) is 3.76. The highest BCUT2D eigenvalue weighted by Crippen LogP contribution is 2.40. The number of hydrogen-bond acceptors (Lipinski definition) is 3. The number of halogens is 3. The van der Waals surface area contributed by atoms with Gasteiger partial charge in [0.2, 0.25) is 0 Å². The predicted molar refractivity (Wildman–Crippen MR) is 87.5 cm³/mol. The maximum Gasteiger partial charge on any atom is 0.129 e. The number of fused-ring (bicyclic) bond motifs is 1. The molecule has 0 spiro atoms. The Morgan fingerprint density at radius 3 is 2.67 bits per heavy atom. The lowest BCUT2D eigenvalue weighted by atomic mass is 10.1. The molecule has 1 heterocycles. The van der Waals surface area contributed by atoms with E-state index in [4.69, 9.17) is 11.6 Å². The van der Waals surface area contributed by atoms with E-state index < -0.39 is 23.8 Å². The van der Waals surface area contributed by atoms with Crippen LogP contribution in [-0.2, 0) is 6.42 Å². The summed E-state index contributed by atoms with van der Waals surface area (Å²) in [6.45, 7) is 0.687. The summed E-state index contributed by atoms with van der Waals surface area (Å²) in [6.07, 6.45) is 0.293. The van der Waals surface area contributed by atoms with Gasteiger partial charge in [-0.1, -0.05) is 23.7 Å². The van der Waals surface area contributed by atoms with Gasteiger partial charge >= 0.3 is 0 Å². The molecule has 1 fully saturated rings. The number of aliphatic hydroxyl groups excluding tert-OH is 1. The first kappa shape index (κ1) is 16.0. The second kappa shape index (κ2) is 6.08. The normalized spacial score (nSPS) is 26.8. The van der Waals surface area contributed by atoms with E-state index >= 15 is 0 Å². The van der Waals surface area contributed by atoms with Crippen LogP contribution in [0.1, 0.15) is 35.2 Å². The molecule has 1 saturated heterocycles. The van der Waals surface area contributed by atoms with E-state index in [2.05, 4.69) is 5.43 Å². The van der Waals surface area contributed by atoms with E-state index in [0.29, 0.717) is 22.7 Å².